The summed E-state index contributed by atoms with van der Waals surface area (Å²) in [5.41, 5.74) is 1.27. The largest absolute Gasteiger partial charge is 0.497 e. The molecule has 1 aromatic carbocycles. The highest BCUT2D eigenvalue weighted by molar-refractivity contribution is 5.49. The van der Waals surface area contributed by atoms with Gasteiger partial charge in [0.1, 0.15) is 5.75 Å². The van der Waals surface area contributed by atoms with Crippen molar-refractivity contribution in [1.82, 2.24) is 5.32 Å². The van der Waals surface area contributed by atoms with Crippen LogP contribution in [0.25, 0.3) is 0 Å². The molecule has 124 valence electrons. The third-order valence-electron chi connectivity index (χ3n) is 4.63. The van der Waals surface area contributed by atoms with Gasteiger partial charge in [-0.2, -0.15) is 0 Å². The maximum absolute atomic E-state index is 9.19. The molecule has 1 aliphatic heterocycles. The van der Waals surface area contributed by atoms with Crippen LogP contribution in [-0.4, -0.2) is 44.0 Å². The topological polar surface area (TPSA) is 44.7 Å². The normalized spacial score (nSPS) is 17.8. The third kappa shape index (κ3) is 4.62. The van der Waals surface area contributed by atoms with E-state index in [1.54, 1.807) is 7.11 Å². The Morgan fingerprint density at radius 2 is 1.86 bits per heavy atom. The van der Waals surface area contributed by atoms with Crippen molar-refractivity contribution >= 4 is 5.69 Å². The minimum atomic E-state index is 0.264. The lowest BCUT2D eigenvalue weighted by Gasteiger charge is -2.36. The monoisotopic (exact) mass is 306 g/mol. The van der Waals surface area contributed by atoms with Gasteiger partial charge in [0.05, 0.1) is 7.11 Å². The minimum absolute atomic E-state index is 0.264. The molecule has 0 amide bonds. The van der Waals surface area contributed by atoms with Crippen molar-refractivity contribution in [2.24, 2.45) is 5.92 Å². The summed E-state index contributed by atoms with van der Waals surface area (Å²) in [6, 6.07) is 9.30. The fourth-order valence-corrected chi connectivity index (χ4v) is 3.15. The Labute approximate surface area is 134 Å². The van der Waals surface area contributed by atoms with E-state index < -0.39 is 0 Å². The van der Waals surface area contributed by atoms with E-state index in [-0.39, 0.29) is 6.61 Å². The fraction of sp³-hybridized carbons (Fsp3) is 0.667. The van der Waals surface area contributed by atoms with E-state index >= 15 is 0 Å². The summed E-state index contributed by atoms with van der Waals surface area (Å²) in [6.07, 6.45) is 3.15. The predicted octanol–water partition coefficient (Wildman–Crippen LogP) is 2.66. The van der Waals surface area contributed by atoms with E-state index in [4.69, 9.17) is 4.74 Å². The molecule has 1 unspecified atom stereocenters. The molecule has 2 N–H and O–H groups in total. The van der Waals surface area contributed by atoms with Crippen molar-refractivity contribution in [2.75, 3.05) is 31.7 Å². The van der Waals surface area contributed by atoms with Crippen molar-refractivity contribution in [3.63, 3.8) is 0 Å². The Balaban J connectivity index is 1.84. The standard InChI is InChI=1S/C18H30N2O2/c1-14(2)18(10-13-21)19-15-8-11-20(12-9-15)16-4-6-17(22-3)7-5-16/h4-7,14-15,18-19,21H,8-13H2,1-3H3. The summed E-state index contributed by atoms with van der Waals surface area (Å²) in [6.45, 7) is 6.86. The molecular weight excluding hydrogens is 276 g/mol. The lowest BCUT2D eigenvalue weighted by Crippen LogP contribution is -2.48. The Hall–Kier alpha value is -1.26. The van der Waals surface area contributed by atoms with Crippen LogP contribution in [0.1, 0.15) is 33.1 Å². The number of piperidine rings is 1. The molecule has 1 aliphatic rings. The van der Waals surface area contributed by atoms with Crippen molar-refractivity contribution in [3.8, 4) is 5.75 Å². The molecule has 4 nitrogen and oxygen atoms in total. The number of methoxy groups -OCH3 is 1. The van der Waals surface area contributed by atoms with Crippen molar-refractivity contribution in [2.45, 2.75) is 45.2 Å². The molecule has 1 heterocycles. The molecule has 0 aromatic heterocycles. The molecular formula is C18H30N2O2. The predicted molar refractivity (Wildman–Crippen MR) is 91.7 cm³/mol. The lowest BCUT2D eigenvalue weighted by molar-refractivity contribution is 0.227. The fourth-order valence-electron chi connectivity index (χ4n) is 3.15. The van der Waals surface area contributed by atoms with Crippen LogP contribution in [0.3, 0.4) is 0 Å². The van der Waals surface area contributed by atoms with Crippen LogP contribution in [0.5, 0.6) is 5.75 Å². The van der Waals surface area contributed by atoms with Gasteiger partial charge in [0.2, 0.25) is 0 Å². The Bertz CT molecular complexity index is 425. The second kappa shape index (κ2) is 8.39. The summed E-state index contributed by atoms with van der Waals surface area (Å²) in [7, 11) is 1.70. The summed E-state index contributed by atoms with van der Waals surface area (Å²) in [4.78, 5) is 2.44. The molecule has 4 heteroatoms. The number of aliphatic hydroxyl groups excluding tert-OH is 1. The minimum Gasteiger partial charge on any atom is -0.497 e. The second-order valence-corrected chi connectivity index (χ2v) is 6.49. The molecule has 0 spiro atoms. The van der Waals surface area contributed by atoms with Gasteiger partial charge in [0.25, 0.3) is 0 Å². The summed E-state index contributed by atoms with van der Waals surface area (Å²) >= 11 is 0. The number of nitrogens with one attached hydrogen (secondary N) is 1. The summed E-state index contributed by atoms with van der Waals surface area (Å²) in [5, 5.41) is 12.9. The van der Waals surface area contributed by atoms with Gasteiger partial charge >= 0.3 is 0 Å². The zero-order valence-corrected chi connectivity index (χ0v) is 14.1. The highest BCUT2D eigenvalue weighted by Gasteiger charge is 2.23. The highest BCUT2D eigenvalue weighted by Crippen LogP contribution is 2.23. The molecule has 0 bridgehead atoms. The number of aliphatic hydroxyl groups is 1. The van der Waals surface area contributed by atoms with E-state index in [2.05, 4.69) is 36.2 Å². The Morgan fingerprint density at radius 1 is 1.23 bits per heavy atom. The van der Waals surface area contributed by atoms with Crippen molar-refractivity contribution < 1.29 is 9.84 Å². The average molecular weight is 306 g/mol. The van der Waals surface area contributed by atoms with Crippen LogP contribution in [0.4, 0.5) is 5.69 Å². The van der Waals surface area contributed by atoms with Gasteiger partial charge in [-0.15, -0.1) is 0 Å². The molecule has 0 aliphatic carbocycles. The summed E-state index contributed by atoms with van der Waals surface area (Å²) < 4.78 is 5.21. The molecule has 1 saturated heterocycles. The zero-order chi connectivity index (χ0) is 15.9. The van der Waals surface area contributed by atoms with Crippen LogP contribution in [0.15, 0.2) is 24.3 Å². The molecule has 0 radical (unpaired) electrons. The molecule has 1 atom stereocenters. The van der Waals surface area contributed by atoms with E-state index in [0.717, 1.165) is 38.1 Å². The van der Waals surface area contributed by atoms with Gasteiger partial charge in [-0.1, -0.05) is 13.8 Å². The van der Waals surface area contributed by atoms with Crippen LogP contribution in [-0.2, 0) is 0 Å². The van der Waals surface area contributed by atoms with Crippen LogP contribution in [0, 0.1) is 5.92 Å². The summed E-state index contributed by atoms with van der Waals surface area (Å²) in [5.74, 6) is 1.47. The molecule has 0 saturated carbocycles. The highest BCUT2D eigenvalue weighted by atomic mass is 16.5. The SMILES string of the molecule is COc1ccc(N2CCC(NC(CCO)C(C)C)CC2)cc1. The molecule has 1 fully saturated rings. The molecule has 22 heavy (non-hydrogen) atoms. The third-order valence-corrected chi connectivity index (χ3v) is 4.63. The first-order valence-corrected chi connectivity index (χ1v) is 8.40. The average Bonchev–Trinajstić information content (AvgIpc) is 2.55. The smallest absolute Gasteiger partial charge is 0.119 e. The number of ether oxygens (including phenoxy) is 1. The zero-order valence-electron chi connectivity index (χ0n) is 14.1. The maximum atomic E-state index is 9.19. The van der Waals surface area contributed by atoms with E-state index in [0.29, 0.717) is 18.0 Å². The van der Waals surface area contributed by atoms with Gasteiger partial charge in [0, 0.05) is 37.5 Å². The second-order valence-electron chi connectivity index (χ2n) is 6.49. The maximum Gasteiger partial charge on any atom is 0.119 e. The van der Waals surface area contributed by atoms with E-state index in [1.807, 2.05) is 12.1 Å². The first-order chi connectivity index (χ1) is 10.6. The van der Waals surface area contributed by atoms with Gasteiger partial charge < -0.3 is 20.1 Å². The van der Waals surface area contributed by atoms with Crippen LogP contribution in [0.2, 0.25) is 0 Å². The first-order valence-electron chi connectivity index (χ1n) is 8.40. The number of hydrogen-bond donors (Lipinski definition) is 2. The van der Waals surface area contributed by atoms with E-state index in [9.17, 15) is 5.11 Å². The number of rotatable bonds is 7. The van der Waals surface area contributed by atoms with Crippen molar-refractivity contribution in [1.29, 1.82) is 0 Å². The van der Waals surface area contributed by atoms with Gasteiger partial charge in [-0.3, -0.25) is 0 Å². The lowest BCUT2D eigenvalue weighted by atomic mass is 9.97. The van der Waals surface area contributed by atoms with Gasteiger partial charge in [-0.05, 0) is 49.4 Å². The number of benzene rings is 1. The first kappa shape index (κ1) is 17.1. The van der Waals surface area contributed by atoms with Crippen LogP contribution < -0.4 is 15.0 Å². The Kier molecular flexibility index (Phi) is 6.52. The van der Waals surface area contributed by atoms with Gasteiger partial charge in [-0.25, -0.2) is 0 Å². The number of nitrogens with zero attached hydrogens (tertiary/aromatic N) is 1. The number of hydrogen-bond acceptors (Lipinski definition) is 4. The quantitative estimate of drug-likeness (QED) is 0.813. The molecule has 2 rings (SSSR count). The molecule has 1 aromatic rings. The van der Waals surface area contributed by atoms with Crippen molar-refractivity contribution in [3.05, 3.63) is 24.3 Å². The van der Waals surface area contributed by atoms with Gasteiger partial charge in [0.15, 0.2) is 0 Å². The number of anilines is 1. The van der Waals surface area contributed by atoms with Crippen LogP contribution >= 0.6 is 0 Å². The Morgan fingerprint density at radius 3 is 2.36 bits per heavy atom. The van der Waals surface area contributed by atoms with E-state index in [1.165, 1.54) is 5.69 Å².